The summed E-state index contributed by atoms with van der Waals surface area (Å²) in [6.07, 6.45) is 3.58. The molecule has 12 nitrogen and oxygen atoms in total. The second-order valence-electron chi connectivity index (χ2n) is 11.1. The number of nitrogens with zero attached hydrogens (tertiary/aromatic N) is 1. The molecule has 3 rings (SSSR count). The quantitative estimate of drug-likeness (QED) is 0.109. The van der Waals surface area contributed by atoms with Gasteiger partial charge in [0.15, 0.2) is 0 Å². The Morgan fingerprint density at radius 2 is 1.52 bits per heavy atom. The van der Waals surface area contributed by atoms with Gasteiger partial charge in [0.05, 0.1) is 6.54 Å². The fraction of sp³-hybridized carbons (Fsp3) is 0.526. The van der Waals surface area contributed by atoms with Crippen molar-refractivity contribution in [2.75, 3.05) is 25.0 Å². The first-order chi connectivity index (χ1) is 24.0. The van der Waals surface area contributed by atoms with E-state index in [0.29, 0.717) is 31.5 Å². The van der Waals surface area contributed by atoms with Gasteiger partial charge in [0.1, 0.15) is 12.6 Å². The van der Waals surface area contributed by atoms with Gasteiger partial charge in [-0.1, -0.05) is 90.4 Å². The zero-order valence-corrected chi connectivity index (χ0v) is 31.0. The highest BCUT2D eigenvalue weighted by Gasteiger charge is 2.34. The van der Waals surface area contributed by atoms with E-state index in [9.17, 15) is 28.8 Å². The highest BCUT2D eigenvalue weighted by molar-refractivity contribution is 6.03. The van der Waals surface area contributed by atoms with Crippen molar-refractivity contribution in [1.29, 1.82) is 0 Å². The zero-order valence-electron chi connectivity index (χ0n) is 31.0. The van der Waals surface area contributed by atoms with Crippen LogP contribution in [0.2, 0.25) is 0 Å². The molecule has 0 radical (unpaired) electrons. The van der Waals surface area contributed by atoms with Crippen LogP contribution < -0.4 is 21.7 Å². The van der Waals surface area contributed by atoms with Gasteiger partial charge in [-0.25, -0.2) is 0 Å². The molecule has 0 aliphatic carbocycles. The van der Waals surface area contributed by atoms with Gasteiger partial charge >= 0.3 is 5.97 Å². The van der Waals surface area contributed by atoms with Crippen LogP contribution in [0.5, 0.6) is 0 Å². The zero-order chi connectivity index (χ0) is 37.9. The van der Waals surface area contributed by atoms with Gasteiger partial charge in [-0.2, -0.15) is 0 Å². The molecule has 1 aliphatic rings. The average Bonchev–Trinajstić information content (AvgIpc) is 3.37. The predicted octanol–water partition coefficient (Wildman–Crippen LogP) is 4.89. The molecule has 0 saturated carbocycles. The van der Waals surface area contributed by atoms with Gasteiger partial charge in [-0.3, -0.25) is 33.7 Å². The number of unbranched alkanes of at least 4 members (excludes halogenated alkanes) is 2. The highest BCUT2D eigenvalue weighted by atomic mass is 16.5. The van der Waals surface area contributed by atoms with Gasteiger partial charge in [0, 0.05) is 44.3 Å². The lowest BCUT2D eigenvalue weighted by molar-refractivity contribution is -0.142. The largest absolute Gasteiger partial charge is 0.461 e. The molecule has 1 saturated heterocycles. The molecule has 12 heteroatoms. The van der Waals surface area contributed by atoms with Crippen LogP contribution in [0.25, 0.3) is 0 Å². The number of benzene rings is 2. The highest BCUT2D eigenvalue weighted by Crippen LogP contribution is 2.19. The van der Waals surface area contributed by atoms with Gasteiger partial charge in [-0.15, -0.1) is 0 Å². The minimum atomic E-state index is -0.880. The van der Waals surface area contributed by atoms with Crippen LogP contribution in [0.4, 0.5) is 5.69 Å². The fourth-order valence-electron chi connectivity index (χ4n) is 4.51. The molecule has 2 aromatic carbocycles. The number of hydrogen-bond acceptors (Lipinski definition) is 8. The molecule has 1 fully saturated rings. The van der Waals surface area contributed by atoms with E-state index in [1.54, 1.807) is 31.2 Å². The number of hydrogen-bond donors (Lipinski definition) is 4. The summed E-state index contributed by atoms with van der Waals surface area (Å²) < 4.78 is 4.94. The Bertz CT molecular complexity index is 1300. The third kappa shape index (κ3) is 18.8. The summed E-state index contributed by atoms with van der Waals surface area (Å²) in [6, 6.07) is 15.1. The summed E-state index contributed by atoms with van der Waals surface area (Å²) >= 11 is 0. The lowest BCUT2D eigenvalue weighted by Gasteiger charge is -2.19. The Kier molecular flexibility index (Phi) is 24.8. The van der Waals surface area contributed by atoms with E-state index in [4.69, 9.17) is 10.5 Å². The number of amides is 5. The smallest absolute Gasteiger partial charge is 0.302 e. The average molecular weight is 698 g/mol. The molecule has 50 heavy (non-hydrogen) atoms. The number of likely N-dealkylation sites (tertiary alicyclic amines) is 1. The molecule has 0 bridgehead atoms. The molecule has 2 aromatic rings. The second-order valence-corrected chi connectivity index (χ2v) is 11.1. The Balaban J connectivity index is 0.00000275. The summed E-state index contributed by atoms with van der Waals surface area (Å²) in [5.74, 6) is -2.17. The number of imide groups is 1. The summed E-state index contributed by atoms with van der Waals surface area (Å²) in [5.41, 5.74) is 7.16. The number of esters is 1. The standard InChI is InChI=1S/C31H38N4O7.C3H9N.2C2H6/c1-21-17-29(39)35(31(21)41)16-8-4-7-11-27(37)34-26(18-23-9-5-3-6-10-23)30(40)32-19-28(38)33-25-14-12-24(13-15-25)20-42-22(2)36;1-2-3-4;2*1-2/h3,5-6,9-10,12-15,21,26H,4,7-8,11,16-20H2,1-2H3,(H,32,40)(H,33,38)(H,34,37);2-4H2,1H3;2*1-2H3. The molecule has 278 valence electrons. The van der Waals surface area contributed by atoms with Crippen molar-refractivity contribution in [2.45, 2.75) is 106 Å². The molecule has 2 unspecified atom stereocenters. The van der Waals surface area contributed by atoms with Gasteiger partial charge in [-0.05, 0) is 49.1 Å². The Hall–Kier alpha value is -4.58. The fourth-order valence-corrected chi connectivity index (χ4v) is 4.51. The van der Waals surface area contributed by atoms with E-state index in [0.717, 1.165) is 24.1 Å². The molecule has 0 aromatic heterocycles. The number of nitrogens with two attached hydrogens (primary N) is 1. The molecule has 0 spiro atoms. The van der Waals surface area contributed by atoms with Gasteiger partial charge in [0.2, 0.25) is 29.5 Å². The topological polar surface area (TPSA) is 177 Å². The van der Waals surface area contributed by atoms with E-state index >= 15 is 0 Å². The van der Waals surface area contributed by atoms with Crippen LogP contribution in [0.15, 0.2) is 54.6 Å². The van der Waals surface area contributed by atoms with Gasteiger partial charge < -0.3 is 26.4 Å². The SMILES string of the molecule is CC.CC.CC(=O)OCc1ccc(NC(=O)CNC(=O)C(Cc2ccccc2)NC(=O)CCCCCN2C(=O)CC(C)C2=O)cc1.CCCN. The molecular formula is C38H59N5O7. The maximum atomic E-state index is 13.0. The lowest BCUT2D eigenvalue weighted by atomic mass is 10.0. The van der Waals surface area contributed by atoms with E-state index in [1.807, 2.05) is 58.0 Å². The third-order valence-corrected chi connectivity index (χ3v) is 7.08. The molecular weight excluding hydrogens is 638 g/mol. The first-order valence-electron chi connectivity index (χ1n) is 17.7. The van der Waals surface area contributed by atoms with Crippen LogP contribution in [-0.2, 0) is 46.5 Å². The van der Waals surface area contributed by atoms with Crippen LogP contribution >= 0.6 is 0 Å². The molecule has 1 aliphatic heterocycles. The van der Waals surface area contributed by atoms with E-state index in [2.05, 4.69) is 22.9 Å². The van der Waals surface area contributed by atoms with Crippen molar-refractivity contribution in [3.05, 3.63) is 65.7 Å². The summed E-state index contributed by atoms with van der Waals surface area (Å²) in [4.78, 5) is 74.3. The maximum absolute atomic E-state index is 13.0. The van der Waals surface area contributed by atoms with Crippen LogP contribution in [0.1, 0.15) is 98.1 Å². The molecule has 5 N–H and O–H groups in total. The normalized spacial score (nSPS) is 13.6. The van der Waals surface area contributed by atoms with Crippen LogP contribution in [0, 0.1) is 5.92 Å². The van der Waals surface area contributed by atoms with Crippen molar-refractivity contribution < 1.29 is 33.5 Å². The Morgan fingerprint density at radius 1 is 0.900 bits per heavy atom. The molecule has 1 heterocycles. The maximum Gasteiger partial charge on any atom is 0.302 e. The molecule has 5 amide bonds. The number of carbonyl (C=O) groups is 6. The van der Waals surface area contributed by atoms with E-state index in [1.165, 1.54) is 11.8 Å². The number of carbonyl (C=O) groups excluding carboxylic acids is 6. The van der Waals surface area contributed by atoms with Crippen molar-refractivity contribution in [1.82, 2.24) is 15.5 Å². The van der Waals surface area contributed by atoms with Crippen molar-refractivity contribution >= 4 is 41.2 Å². The summed E-state index contributed by atoms with van der Waals surface area (Å²) in [6.45, 7) is 14.1. The number of ether oxygens (including phenoxy) is 1. The van der Waals surface area contributed by atoms with Crippen molar-refractivity contribution in [3.8, 4) is 0 Å². The predicted molar refractivity (Wildman–Crippen MR) is 197 cm³/mol. The number of anilines is 1. The third-order valence-electron chi connectivity index (χ3n) is 7.08. The monoisotopic (exact) mass is 697 g/mol. The summed E-state index contributed by atoms with van der Waals surface area (Å²) in [5, 5.41) is 8.07. The first kappa shape index (κ1) is 45.4. The van der Waals surface area contributed by atoms with Crippen LogP contribution in [0.3, 0.4) is 0 Å². The minimum absolute atomic E-state index is 0.133. The number of rotatable bonds is 16. The van der Waals surface area contributed by atoms with Gasteiger partial charge in [0.25, 0.3) is 0 Å². The lowest BCUT2D eigenvalue weighted by Crippen LogP contribution is -2.49. The van der Waals surface area contributed by atoms with Crippen molar-refractivity contribution in [2.24, 2.45) is 11.7 Å². The second kappa shape index (κ2) is 27.3. The van der Waals surface area contributed by atoms with Crippen LogP contribution in [-0.4, -0.2) is 66.1 Å². The van der Waals surface area contributed by atoms with E-state index in [-0.39, 0.29) is 62.0 Å². The number of nitrogens with one attached hydrogen (secondary N) is 3. The Labute approximate surface area is 298 Å². The van der Waals surface area contributed by atoms with E-state index < -0.39 is 17.9 Å². The minimum Gasteiger partial charge on any atom is -0.461 e. The first-order valence-corrected chi connectivity index (χ1v) is 17.7. The Morgan fingerprint density at radius 3 is 2.06 bits per heavy atom. The van der Waals surface area contributed by atoms with Crippen molar-refractivity contribution in [3.63, 3.8) is 0 Å². The summed E-state index contributed by atoms with van der Waals surface area (Å²) in [7, 11) is 0. The molecule has 2 atom stereocenters.